The number of benzene rings is 1. The summed E-state index contributed by atoms with van der Waals surface area (Å²) in [6, 6.07) is 7.98. The molecule has 0 saturated carbocycles. The van der Waals surface area contributed by atoms with Crippen molar-refractivity contribution < 1.29 is 4.79 Å². The normalized spacial score (nSPS) is 22.9. The topological polar surface area (TPSA) is 17.1 Å². The van der Waals surface area contributed by atoms with Crippen LogP contribution in [0.4, 0.5) is 0 Å². The Morgan fingerprint density at radius 1 is 1.15 bits per heavy atom. The molecule has 13 heavy (non-hydrogen) atoms. The Labute approximate surface area is 85.3 Å². The van der Waals surface area contributed by atoms with Gasteiger partial charge in [0.15, 0.2) is 9.86 Å². The quantitative estimate of drug-likeness (QED) is 0.652. The second kappa shape index (κ2) is 2.55. The number of hydrogen-bond donors (Lipinski definition) is 0. The maximum Gasteiger partial charge on any atom is 0.193 e. The summed E-state index contributed by atoms with van der Waals surface area (Å²) in [7, 11) is 0. The Kier molecular flexibility index (Phi) is 1.56. The van der Waals surface area contributed by atoms with Crippen LogP contribution in [0.3, 0.4) is 0 Å². The summed E-state index contributed by atoms with van der Waals surface area (Å²) in [5, 5.41) is 0. The largest absolute Gasteiger partial charge is 0.291 e. The molecular formula is C10H8OS2. The number of rotatable bonds is 0. The second-order valence-electron chi connectivity index (χ2n) is 3.19. The first-order chi connectivity index (χ1) is 6.34. The molecule has 0 bridgehead atoms. The lowest BCUT2D eigenvalue weighted by Crippen LogP contribution is -2.38. The van der Waals surface area contributed by atoms with E-state index in [0.29, 0.717) is 5.78 Å². The third kappa shape index (κ3) is 0.842. The van der Waals surface area contributed by atoms with Gasteiger partial charge in [-0.2, -0.15) is 0 Å². The third-order valence-corrected chi connectivity index (χ3v) is 5.92. The van der Waals surface area contributed by atoms with E-state index in [2.05, 4.69) is 6.07 Å². The van der Waals surface area contributed by atoms with E-state index in [1.165, 1.54) is 5.56 Å². The van der Waals surface area contributed by atoms with Crippen molar-refractivity contribution in [3.63, 3.8) is 0 Å². The molecule has 0 radical (unpaired) electrons. The zero-order valence-corrected chi connectivity index (χ0v) is 8.58. The minimum Gasteiger partial charge on any atom is -0.291 e. The summed E-state index contributed by atoms with van der Waals surface area (Å²) in [5.74, 6) is 2.53. The van der Waals surface area contributed by atoms with E-state index in [-0.39, 0.29) is 4.08 Å². The average molecular weight is 208 g/mol. The van der Waals surface area contributed by atoms with E-state index >= 15 is 0 Å². The van der Waals surface area contributed by atoms with Crippen molar-refractivity contribution in [2.24, 2.45) is 0 Å². The van der Waals surface area contributed by atoms with Crippen molar-refractivity contribution in [2.75, 3.05) is 11.5 Å². The van der Waals surface area contributed by atoms with E-state index in [1.54, 1.807) is 23.5 Å². The molecule has 1 spiro atoms. The Morgan fingerprint density at radius 3 is 2.62 bits per heavy atom. The van der Waals surface area contributed by atoms with Gasteiger partial charge < -0.3 is 0 Å². The molecule has 0 aromatic heterocycles. The standard InChI is InChI=1S/C10H8OS2/c11-9-7-3-1-2-4-8(7)10(9)12-5-6-13-10/h1-4H,5-6H2. The molecule has 3 rings (SSSR count). The van der Waals surface area contributed by atoms with Crippen LogP contribution in [0.2, 0.25) is 0 Å². The molecule has 0 unspecified atom stereocenters. The molecule has 1 aromatic carbocycles. The fourth-order valence-electron chi connectivity index (χ4n) is 1.90. The Bertz CT molecular complexity index is 380. The van der Waals surface area contributed by atoms with E-state index < -0.39 is 0 Å². The molecule has 3 heteroatoms. The Balaban J connectivity index is 2.17. The lowest BCUT2D eigenvalue weighted by molar-refractivity contribution is 0.0950. The fourth-order valence-corrected chi connectivity index (χ4v) is 5.13. The van der Waals surface area contributed by atoms with Crippen LogP contribution in [0.5, 0.6) is 0 Å². The van der Waals surface area contributed by atoms with Crippen molar-refractivity contribution in [1.82, 2.24) is 0 Å². The lowest BCUT2D eigenvalue weighted by atomic mass is 9.86. The van der Waals surface area contributed by atoms with Gasteiger partial charge in [0.05, 0.1) is 0 Å². The summed E-state index contributed by atoms with van der Waals surface area (Å²) in [6.45, 7) is 0. The molecule has 1 aromatic rings. The Hall–Kier alpha value is -0.410. The number of thioether (sulfide) groups is 2. The zero-order chi connectivity index (χ0) is 8.89. The highest BCUT2D eigenvalue weighted by Gasteiger charge is 2.54. The summed E-state index contributed by atoms with van der Waals surface area (Å²) in [5.41, 5.74) is 2.18. The maximum atomic E-state index is 11.8. The van der Waals surface area contributed by atoms with Crippen molar-refractivity contribution >= 4 is 29.3 Å². The van der Waals surface area contributed by atoms with Gasteiger partial charge in [-0.05, 0) is 5.56 Å². The van der Waals surface area contributed by atoms with Gasteiger partial charge in [-0.25, -0.2) is 0 Å². The summed E-state index contributed by atoms with van der Waals surface area (Å²) >= 11 is 3.59. The first-order valence-corrected chi connectivity index (χ1v) is 6.24. The SMILES string of the molecule is O=C1c2ccccc2C12SCCS2. The van der Waals surface area contributed by atoms with Crippen LogP contribution in [0, 0.1) is 0 Å². The molecule has 1 fully saturated rings. The molecule has 2 aliphatic rings. The molecular weight excluding hydrogens is 200 g/mol. The minimum absolute atomic E-state index is 0.198. The zero-order valence-electron chi connectivity index (χ0n) is 6.95. The molecule has 1 aliphatic heterocycles. The molecule has 66 valence electrons. The van der Waals surface area contributed by atoms with Crippen LogP contribution >= 0.6 is 23.5 Å². The van der Waals surface area contributed by atoms with Crippen molar-refractivity contribution in [3.8, 4) is 0 Å². The average Bonchev–Trinajstić information content (AvgIpc) is 2.68. The number of hydrogen-bond acceptors (Lipinski definition) is 3. The highest BCUT2D eigenvalue weighted by atomic mass is 32.2. The predicted octanol–water partition coefficient (Wildman–Crippen LogP) is 2.52. The van der Waals surface area contributed by atoms with Crippen LogP contribution in [0.1, 0.15) is 15.9 Å². The van der Waals surface area contributed by atoms with E-state index in [4.69, 9.17) is 0 Å². The number of carbonyl (C=O) groups excluding carboxylic acids is 1. The van der Waals surface area contributed by atoms with Crippen molar-refractivity contribution in [1.29, 1.82) is 0 Å². The van der Waals surface area contributed by atoms with Gasteiger partial charge in [0.25, 0.3) is 0 Å². The Morgan fingerprint density at radius 2 is 1.85 bits per heavy atom. The lowest BCUT2D eigenvalue weighted by Gasteiger charge is -2.36. The van der Waals surface area contributed by atoms with Gasteiger partial charge in [0.2, 0.25) is 0 Å². The number of Topliss-reactive ketones (excluding diaryl/α,β-unsaturated/α-hetero) is 1. The number of ketones is 1. The second-order valence-corrected chi connectivity index (χ2v) is 6.07. The highest BCUT2D eigenvalue weighted by molar-refractivity contribution is 8.21. The van der Waals surface area contributed by atoms with Gasteiger partial charge in [0, 0.05) is 17.1 Å². The smallest absolute Gasteiger partial charge is 0.193 e. The van der Waals surface area contributed by atoms with Crippen LogP contribution in [0.15, 0.2) is 24.3 Å². The van der Waals surface area contributed by atoms with E-state index in [9.17, 15) is 4.79 Å². The van der Waals surface area contributed by atoms with Crippen LogP contribution in [-0.4, -0.2) is 17.3 Å². The van der Waals surface area contributed by atoms with Crippen molar-refractivity contribution in [3.05, 3.63) is 35.4 Å². The minimum atomic E-state index is -0.198. The summed E-state index contributed by atoms with van der Waals surface area (Å²) in [6.07, 6.45) is 0. The van der Waals surface area contributed by atoms with Gasteiger partial charge in [0.1, 0.15) is 0 Å². The first-order valence-electron chi connectivity index (χ1n) is 4.27. The molecule has 0 amide bonds. The third-order valence-electron chi connectivity index (χ3n) is 2.52. The molecule has 1 heterocycles. The van der Waals surface area contributed by atoms with Gasteiger partial charge in [-0.3, -0.25) is 4.79 Å². The molecule has 1 aliphatic carbocycles. The molecule has 1 nitrogen and oxygen atoms in total. The van der Waals surface area contributed by atoms with Crippen LogP contribution in [0.25, 0.3) is 0 Å². The van der Waals surface area contributed by atoms with Crippen molar-refractivity contribution in [2.45, 2.75) is 4.08 Å². The first kappa shape index (κ1) is 7.94. The van der Waals surface area contributed by atoms with Gasteiger partial charge in [-0.1, -0.05) is 24.3 Å². The maximum absolute atomic E-state index is 11.8. The monoisotopic (exact) mass is 208 g/mol. The van der Waals surface area contributed by atoms with Crippen LogP contribution < -0.4 is 0 Å². The highest BCUT2D eigenvalue weighted by Crippen LogP contribution is 2.60. The number of fused-ring (bicyclic) bond motifs is 2. The molecule has 0 atom stereocenters. The van der Waals surface area contributed by atoms with E-state index in [0.717, 1.165) is 17.1 Å². The van der Waals surface area contributed by atoms with Gasteiger partial charge in [-0.15, -0.1) is 23.5 Å². The molecule has 1 saturated heterocycles. The number of carbonyl (C=O) groups is 1. The fraction of sp³-hybridized carbons (Fsp3) is 0.300. The predicted molar refractivity (Wildman–Crippen MR) is 57.4 cm³/mol. The molecule has 0 N–H and O–H groups in total. The van der Waals surface area contributed by atoms with Gasteiger partial charge >= 0.3 is 0 Å². The van der Waals surface area contributed by atoms with E-state index in [1.807, 2.05) is 18.2 Å². The summed E-state index contributed by atoms with van der Waals surface area (Å²) < 4.78 is -0.198. The van der Waals surface area contributed by atoms with Crippen LogP contribution in [-0.2, 0) is 4.08 Å². The summed E-state index contributed by atoms with van der Waals surface area (Å²) in [4.78, 5) is 11.8.